The minimum atomic E-state index is -0.398. The van der Waals surface area contributed by atoms with E-state index in [1.54, 1.807) is 0 Å². The van der Waals surface area contributed by atoms with Crippen molar-refractivity contribution >= 4 is 0 Å². The normalized spacial score (nSPS) is 18.9. The predicted molar refractivity (Wildman–Crippen MR) is 75.5 cm³/mol. The van der Waals surface area contributed by atoms with E-state index in [0.29, 0.717) is 18.5 Å². The molecule has 2 rings (SSSR count). The molecule has 0 radical (unpaired) electrons. The van der Waals surface area contributed by atoms with Gasteiger partial charge in [0.25, 0.3) is 0 Å². The predicted octanol–water partition coefficient (Wildman–Crippen LogP) is 3.05. The summed E-state index contributed by atoms with van der Waals surface area (Å²) in [6.07, 6.45) is 2.29. The molecule has 2 unspecified atom stereocenters. The molecule has 1 aromatic rings. The SMILES string of the molecule is Cc1cccc(C(O)CNC(C(C)C)C2CC2)c1. The molecule has 0 heterocycles. The van der Waals surface area contributed by atoms with Crippen molar-refractivity contribution in [2.75, 3.05) is 6.54 Å². The summed E-state index contributed by atoms with van der Waals surface area (Å²) >= 11 is 0. The molecule has 2 N–H and O–H groups in total. The Kier molecular flexibility index (Phi) is 4.41. The zero-order chi connectivity index (χ0) is 13.1. The van der Waals surface area contributed by atoms with Gasteiger partial charge in [0.05, 0.1) is 6.10 Å². The second-order valence-electron chi connectivity index (χ2n) is 5.95. The summed E-state index contributed by atoms with van der Waals surface area (Å²) in [6.45, 7) is 7.23. The number of hydrogen-bond donors (Lipinski definition) is 2. The van der Waals surface area contributed by atoms with Crippen LogP contribution in [-0.4, -0.2) is 17.7 Å². The number of aliphatic hydroxyl groups is 1. The third-order valence-corrected chi connectivity index (χ3v) is 3.82. The van der Waals surface area contributed by atoms with E-state index in [1.807, 2.05) is 12.1 Å². The van der Waals surface area contributed by atoms with Crippen LogP contribution in [0.5, 0.6) is 0 Å². The highest BCUT2D eigenvalue weighted by Gasteiger charge is 2.32. The molecule has 0 saturated heterocycles. The van der Waals surface area contributed by atoms with Gasteiger partial charge >= 0.3 is 0 Å². The molecule has 1 aliphatic rings. The molecule has 2 atom stereocenters. The van der Waals surface area contributed by atoms with Crippen LogP contribution in [0.2, 0.25) is 0 Å². The lowest BCUT2D eigenvalue weighted by Crippen LogP contribution is -2.38. The van der Waals surface area contributed by atoms with E-state index >= 15 is 0 Å². The maximum Gasteiger partial charge on any atom is 0.0914 e. The molecule has 0 bridgehead atoms. The van der Waals surface area contributed by atoms with E-state index in [-0.39, 0.29) is 0 Å². The molecule has 0 aromatic heterocycles. The van der Waals surface area contributed by atoms with E-state index in [0.717, 1.165) is 11.5 Å². The Morgan fingerprint density at radius 3 is 2.61 bits per heavy atom. The second-order valence-corrected chi connectivity index (χ2v) is 5.95. The van der Waals surface area contributed by atoms with Crippen molar-refractivity contribution in [3.63, 3.8) is 0 Å². The Hall–Kier alpha value is -0.860. The molecular formula is C16H25NO. The maximum absolute atomic E-state index is 10.2. The van der Waals surface area contributed by atoms with E-state index in [2.05, 4.69) is 38.2 Å². The van der Waals surface area contributed by atoms with Crippen molar-refractivity contribution in [3.8, 4) is 0 Å². The Morgan fingerprint density at radius 1 is 1.33 bits per heavy atom. The quantitative estimate of drug-likeness (QED) is 0.810. The molecule has 100 valence electrons. The number of aliphatic hydroxyl groups excluding tert-OH is 1. The molecule has 1 saturated carbocycles. The standard InChI is InChI=1S/C16H25NO/c1-11(2)16(13-7-8-13)17-10-15(18)14-6-4-5-12(3)9-14/h4-6,9,11,13,15-18H,7-8,10H2,1-3H3. The lowest BCUT2D eigenvalue weighted by atomic mass is 9.98. The number of hydrogen-bond acceptors (Lipinski definition) is 2. The third kappa shape index (κ3) is 3.56. The Balaban J connectivity index is 1.89. The highest BCUT2D eigenvalue weighted by molar-refractivity contribution is 5.24. The summed E-state index contributed by atoms with van der Waals surface area (Å²) < 4.78 is 0. The molecule has 1 aliphatic carbocycles. The fourth-order valence-corrected chi connectivity index (χ4v) is 2.64. The highest BCUT2D eigenvalue weighted by atomic mass is 16.3. The average molecular weight is 247 g/mol. The van der Waals surface area contributed by atoms with Crippen LogP contribution in [-0.2, 0) is 0 Å². The van der Waals surface area contributed by atoms with Gasteiger partial charge in [-0.05, 0) is 37.2 Å². The lowest BCUT2D eigenvalue weighted by molar-refractivity contribution is 0.162. The Labute approximate surface area is 110 Å². The summed E-state index contributed by atoms with van der Waals surface area (Å²) in [5.74, 6) is 1.47. The van der Waals surface area contributed by atoms with Crippen molar-refractivity contribution in [2.45, 2.75) is 45.8 Å². The van der Waals surface area contributed by atoms with Gasteiger partial charge in [-0.2, -0.15) is 0 Å². The zero-order valence-electron chi connectivity index (χ0n) is 11.7. The van der Waals surface area contributed by atoms with Crippen LogP contribution in [0.15, 0.2) is 24.3 Å². The lowest BCUT2D eigenvalue weighted by Gasteiger charge is -2.24. The smallest absolute Gasteiger partial charge is 0.0914 e. The van der Waals surface area contributed by atoms with Gasteiger partial charge in [0.1, 0.15) is 0 Å². The average Bonchev–Trinajstić information content (AvgIpc) is 3.13. The van der Waals surface area contributed by atoms with Crippen molar-refractivity contribution in [1.82, 2.24) is 5.32 Å². The minimum absolute atomic E-state index is 0.398. The first-order valence-electron chi connectivity index (χ1n) is 7.06. The topological polar surface area (TPSA) is 32.3 Å². The van der Waals surface area contributed by atoms with Gasteiger partial charge in [0.2, 0.25) is 0 Å². The largest absolute Gasteiger partial charge is 0.387 e. The van der Waals surface area contributed by atoms with Crippen LogP contribution >= 0.6 is 0 Å². The van der Waals surface area contributed by atoms with E-state index < -0.39 is 6.10 Å². The first-order valence-corrected chi connectivity index (χ1v) is 7.06. The first kappa shape index (κ1) is 13.6. The van der Waals surface area contributed by atoms with Crippen LogP contribution in [0.25, 0.3) is 0 Å². The summed E-state index contributed by atoms with van der Waals surface area (Å²) in [5.41, 5.74) is 2.22. The van der Waals surface area contributed by atoms with E-state index in [4.69, 9.17) is 0 Å². The maximum atomic E-state index is 10.2. The fourth-order valence-electron chi connectivity index (χ4n) is 2.64. The Morgan fingerprint density at radius 2 is 2.06 bits per heavy atom. The summed E-state index contributed by atoms with van der Waals surface area (Å²) in [5, 5.41) is 13.8. The van der Waals surface area contributed by atoms with Gasteiger partial charge < -0.3 is 10.4 Å². The highest BCUT2D eigenvalue weighted by Crippen LogP contribution is 2.35. The van der Waals surface area contributed by atoms with Gasteiger partial charge in [-0.1, -0.05) is 43.7 Å². The van der Waals surface area contributed by atoms with Crippen molar-refractivity contribution in [1.29, 1.82) is 0 Å². The van der Waals surface area contributed by atoms with Crippen molar-refractivity contribution in [3.05, 3.63) is 35.4 Å². The van der Waals surface area contributed by atoms with E-state index in [1.165, 1.54) is 18.4 Å². The van der Waals surface area contributed by atoms with Gasteiger partial charge in [-0.15, -0.1) is 0 Å². The molecule has 2 nitrogen and oxygen atoms in total. The van der Waals surface area contributed by atoms with Gasteiger partial charge in [-0.25, -0.2) is 0 Å². The molecule has 1 fully saturated rings. The number of rotatable bonds is 6. The van der Waals surface area contributed by atoms with Crippen molar-refractivity contribution in [2.24, 2.45) is 11.8 Å². The monoisotopic (exact) mass is 247 g/mol. The molecule has 18 heavy (non-hydrogen) atoms. The van der Waals surface area contributed by atoms with Crippen molar-refractivity contribution < 1.29 is 5.11 Å². The molecular weight excluding hydrogens is 222 g/mol. The molecule has 1 aromatic carbocycles. The summed E-state index contributed by atoms with van der Waals surface area (Å²) in [4.78, 5) is 0. The second kappa shape index (κ2) is 5.85. The molecule has 2 heteroatoms. The van der Waals surface area contributed by atoms with Gasteiger partial charge in [0.15, 0.2) is 0 Å². The molecule has 0 aliphatic heterocycles. The molecule has 0 amide bonds. The summed E-state index contributed by atoms with van der Waals surface area (Å²) in [6, 6.07) is 8.69. The number of benzene rings is 1. The van der Waals surface area contributed by atoms with Crippen LogP contribution in [0.1, 0.15) is 43.9 Å². The third-order valence-electron chi connectivity index (χ3n) is 3.82. The summed E-state index contributed by atoms with van der Waals surface area (Å²) in [7, 11) is 0. The minimum Gasteiger partial charge on any atom is -0.387 e. The fraction of sp³-hybridized carbons (Fsp3) is 0.625. The van der Waals surface area contributed by atoms with E-state index in [9.17, 15) is 5.11 Å². The van der Waals surface area contributed by atoms with Crippen LogP contribution in [0.4, 0.5) is 0 Å². The first-order chi connectivity index (χ1) is 8.58. The number of nitrogens with one attached hydrogen (secondary N) is 1. The van der Waals surface area contributed by atoms with Crippen LogP contribution < -0.4 is 5.32 Å². The Bertz CT molecular complexity index is 382. The van der Waals surface area contributed by atoms with Gasteiger partial charge in [0, 0.05) is 12.6 Å². The zero-order valence-corrected chi connectivity index (χ0v) is 11.7. The number of aryl methyl sites for hydroxylation is 1. The van der Waals surface area contributed by atoms with Crippen LogP contribution in [0.3, 0.4) is 0 Å². The van der Waals surface area contributed by atoms with Crippen LogP contribution in [0, 0.1) is 18.8 Å². The molecule has 0 spiro atoms. The van der Waals surface area contributed by atoms with Gasteiger partial charge in [-0.3, -0.25) is 0 Å².